The summed E-state index contributed by atoms with van der Waals surface area (Å²) in [7, 11) is -3.39. The summed E-state index contributed by atoms with van der Waals surface area (Å²) < 4.78 is 68.0. The van der Waals surface area contributed by atoms with Crippen molar-refractivity contribution in [1.29, 1.82) is 0 Å². The van der Waals surface area contributed by atoms with Crippen LogP contribution in [0.4, 0.5) is 13.2 Å². The van der Waals surface area contributed by atoms with Gasteiger partial charge in [-0.2, -0.15) is 13.2 Å². The lowest BCUT2D eigenvalue weighted by atomic mass is 10.1. The summed E-state index contributed by atoms with van der Waals surface area (Å²) in [6.07, 6.45) is -1.92. The van der Waals surface area contributed by atoms with Crippen molar-refractivity contribution in [2.24, 2.45) is 5.73 Å². The Morgan fingerprint density at radius 1 is 1.27 bits per heavy atom. The lowest BCUT2D eigenvalue weighted by Gasteiger charge is -2.16. The van der Waals surface area contributed by atoms with Crippen molar-refractivity contribution in [2.75, 3.05) is 6.26 Å². The van der Waals surface area contributed by atoms with E-state index in [1.54, 1.807) is 19.9 Å². The van der Waals surface area contributed by atoms with E-state index < -0.39 is 33.8 Å². The number of alkyl halides is 3. The molecule has 0 radical (unpaired) electrons. The Hall–Kier alpha value is -2.92. The quantitative estimate of drug-likeness (QED) is 0.435. The van der Waals surface area contributed by atoms with Crippen LogP contribution in [0.1, 0.15) is 48.8 Å². The Morgan fingerprint density at radius 3 is 2.48 bits per heavy atom. The third kappa shape index (κ3) is 7.29. The largest absolute Gasteiger partial charge is 0.474 e. The van der Waals surface area contributed by atoms with E-state index >= 15 is 0 Å². The molecule has 11 heteroatoms. The maximum absolute atomic E-state index is 13.0. The van der Waals surface area contributed by atoms with Crippen LogP contribution in [0, 0.1) is 6.92 Å². The zero-order valence-electron chi connectivity index (χ0n) is 18.6. The molecule has 0 fully saturated rings. The standard InChI is InChI=1S/C22H26F3N3O4S/c1-5-14(3)32-21-15(7-10-18(27-21)22(23,24)25)8-11-19(29)28-20(26)16-6-9-17(13(2)12-16)33(4,30)31/h6-12,14,20H,5,26H2,1-4H3,(H,28,29). The highest BCUT2D eigenvalue weighted by molar-refractivity contribution is 7.90. The molecule has 1 heterocycles. The molecule has 0 aliphatic rings. The number of nitrogens with two attached hydrogens (primary N) is 1. The number of sulfone groups is 1. The Balaban J connectivity index is 2.20. The molecule has 33 heavy (non-hydrogen) atoms. The van der Waals surface area contributed by atoms with E-state index in [4.69, 9.17) is 10.5 Å². The van der Waals surface area contributed by atoms with Gasteiger partial charge in [-0.25, -0.2) is 13.4 Å². The van der Waals surface area contributed by atoms with Crippen LogP contribution < -0.4 is 15.8 Å². The van der Waals surface area contributed by atoms with E-state index in [1.807, 2.05) is 6.92 Å². The Kier molecular flexibility index (Phi) is 8.25. The van der Waals surface area contributed by atoms with Crippen LogP contribution in [-0.4, -0.2) is 31.7 Å². The van der Waals surface area contributed by atoms with Crippen LogP contribution in [0.3, 0.4) is 0 Å². The number of nitrogens with one attached hydrogen (secondary N) is 1. The molecule has 0 saturated heterocycles. The normalized spacial score (nSPS) is 14.2. The second-order valence-electron chi connectivity index (χ2n) is 7.54. The maximum atomic E-state index is 13.0. The molecule has 2 atom stereocenters. The number of pyridine rings is 1. The van der Waals surface area contributed by atoms with E-state index in [1.165, 1.54) is 24.3 Å². The minimum Gasteiger partial charge on any atom is -0.474 e. The molecular formula is C22H26F3N3O4S. The van der Waals surface area contributed by atoms with Gasteiger partial charge in [-0.05, 0) is 55.7 Å². The summed E-state index contributed by atoms with van der Waals surface area (Å²) >= 11 is 0. The number of benzene rings is 1. The molecule has 180 valence electrons. The van der Waals surface area contributed by atoms with Crippen LogP contribution >= 0.6 is 0 Å². The van der Waals surface area contributed by atoms with Crippen LogP contribution in [0.15, 0.2) is 41.3 Å². The molecular weight excluding hydrogens is 459 g/mol. The number of ether oxygens (including phenoxy) is 1. The van der Waals surface area contributed by atoms with E-state index in [0.29, 0.717) is 17.5 Å². The Labute approximate surface area is 190 Å². The molecule has 7 nitrogen and oxygen atoms in total. The van der Waals surface area contributed by atoms with Gasteiger partial charge in [0, 0.05) is 17.9 Å². The molecule has 0 aliphatic carbocycles. The number of aromatic nitrogens is 1. The molecule has 2 unspecified atom stereocenters. The second kappa shape index (κ2) is 10.3. The number of carbonyl (C=O) groups is 1. The van der Waals surface area contributed by atoms with Gasteiger partial charge < -0.3 is 15.8 Å². The Morgan fingerprint density at radius 2 is 1.94 bits per heavy atom. The van der Waals surface area contributed by atoms with Gasteiger partial charge in [-0.3, -0.25) is 4.79 Å². The number of halogens is 3. The van der Waals surface area contributed by atoms with Crippen molar-refractivity contribution < 1.29 is 31.1 Å². The highest BCUT2D eigenvalue weighted by atomic mass is 32.2. The monoisotopic (exact) mass is 485 g/mol. The molecule has 1 amide bonds. The minimum atomic E-state index is -4.63. The van der Waals surface area contributed by atoms with E-state index in [0.717, 1.165) is 18.4 Å². The van der Waals surface area contributed by atoms with Gasteiger partial charge in [0.15, 0.2) is 9.84 Å². The Bertz CT molecular complexity index is 1150. The number of hydrogen-bond donors (Lipinski definition) is 2. The number of carbonyl (C=O) groups excluding carboxylic acids is 1. The number of aryl methyl sites for hydroxylation is 1. The summed E-state index contributed by atoms with van der Waals surface area (Å²) in [5.74, 6) is -0.846. The fourth-order valence-corrected chi connectivity index (χ4v) is 3.80. The molecule has 0 spiro atoms. The van der Waals surface area contributed by atoms with Gasteiger partial charge in [0.2, 0.25) is 11.8 Å². The van der Waals surface area contributed by atoms with Crippen LogP contribution in [-0.2, 0) is 20.8 Å². The van der Waals surface area contributed by atoms with Gasteiger partial charge in [-0.1, -0.05) is 19.1 Å². The van der Waals surface area contributed by atoms with Gasteiger partial charge in [-0.15, -0.1) is 0 Å². The number of nitrogens with zero attached hydrogens (tertiary/aromatic N) is 1. The summed E-state index contributed by atoms with van der Waals surface area (Å²) in [6.45, 7) is 5.12. The van der Waals surface area contributed by atoms with Crippen molar-refractivity contribution >= 4 is 21.8 Å². The molecule has 3 N–H and O–H groups in total. The molecule has 1 aromatic carbocycles. The van der Waals surface area contributed by atoms with Crippen molar-refractivity contribution in [3.8, 4) is 5.88 Å². The third-order valence-corrected chi connectivity index (χ3v) is 5.99. The predicted molar refractivity (Wildman–Crippen MR) is 118 cm³/mol. The number of amides is 1. The van der Waals surface area contributed by atoms with Gasteiger partial charge in [0.05, 0.1) is 11.0 Å². The highest BCUT2D eigenvalue weighted by Gasteiger charge is 2.33. The zero-order chi connectivity index (χ0) is 25.0. The lowest BCUT2D eigenvalue weighted by Crippen LogP contribution is -2.33. The molecule has 0 saturated carbocycles. The topological polar surface area (TPSA) is 111 Å². The first-order valence-electron chi connectivity index (χ1n) is 10.0. The van der Waals surface area contributed by atoms with Crippen molar-refractivity contribution in [3.63, 3.8) is 0 Å². The number of rotatable bonds is 8. The van der Waals surface area contributed by atoms with Crippen molar-refractivity contribution in [1.82, 2.24) is 10.3 Å². The maximum Gasteiger partial charge on any atom is 0.433 e. The lowest BCUT2D eigenvalue weighted by molar-refractivity contribution is -0.141. The predicted octanol–water partition coefficient (Wildman–Crippen LogP) is 3.78. The van der Waals surface area contributed by atoms with Gasteiger partial charge in [0.25, 0.3) is 0 Å². The van der Waals surface area contributed by atoms with E-state index in [9.17, 15) is 26.4 Å². The summed E-state index contributed by atoms with van der Waals surface area (Å²) in [5.41, 5.74) is 6.06. The molecule has 1 aromatic heterocycles. The fourth-order valence-electron chi connectivity index (χ4n) is 2.84. The van der Waals surface area contributed by atoms with Crippen LogP contribution in [0.2, 0.25) is 0 Å². The third-order valence-electron chi connectivity index (χ3n) is 4.74. The van der Waals surface area contributed by atoms with E-state index in [2.05, 4.69) is 10.3 Å². The van der Waals surface area contributed by atoms with Gasteiger partial charge in [0.1, 0.15) is 11.9 Å². The van der Waals surface area contributed by atoms with Crippen LogP contribution in [0.5, 0.6) is 5.88 Å². The minimum absolute atomic E-state index is 0.160. The molecule has 2 rings (SSSR count). The summed E-state index contributed by atoms with van der Waals surface area (Å²) in [4.78, 5) is 16.0. The fraction of sp³-hybridized carbons (Fsp3) is 0.364. The average molecular weight is 486 g/mol. The average Bonchev–Trinajstić information content (AvgIpc) is 2.70. The number of hydrogen-bond acceptors (Lipinski definition) is 6. The summed E-state index contributed by atoms with van der Waals surface area (Å²) in [5, 5.41) is 2.52. The van der Waals surface area contributed by atoms with Crippen molar-refractivity contribution in [3.05, 3.63) is 58.8 Å². The first kappa shape index (κ1) is 26.3. The van der Waals surface area contributed by atoms with Crippen LogP contribution in [0.25, 0.3) is 6.08 Å². The summed E-state index contributed by atoms with van der Waals surface area (Å²) in [6, 6.07) is 6.44. The molecule has 0 aliphatic heterocycles. The molecule has 0 bridgehead atoms. The first-order chi connectivity index (χ1) is 15.2. The smallest absolute Gasteiger partial charge is 0.433 e. The highest BCUT2D eigenvalue weighted by Crippen LogP contribution is 2.31. The zero-order valence-corrected chi connectivity index (χ0v) is 19.4. The van der Waals surface area contributed by atoms with E-state index in [-0.39, 0.29) is 22.4 Å². The SMILES string of the molecule is CCC(C)Oc1nc(C(F)(F)F)ccc1C=CC(=O)NC(N)c1ccc(S(C)(=O)=O)c(C)c1. The second-order valence-corrected chi connectivity index (χ2v) is 9.53. The van der Waals surface area contributed by atoms with Gasteiger partial charge >= 0.3 is 6.18 Å². The first-order valence-corrected chi connectivity index (χ1v) is 11.9. The van der Waals surface area contributed by atoms with Crippen molar-refractivity contribution in [2.45, 2.75) is 50.5 Å². The molecule has 2 aromatic rings.